The highest BCUT2D eigenvalue weighted by atomic mass is 19.1. The molecule has 1 atom stereocenters. The van der Waals surface area contributed by atoms with E-state index in [4.69, 9.17) is 0 Å². The molecule has 1 fully saturated rings. The van der Waals surface area contributed by atoms with Gasteiger partial charge in [-0.2, -0.15) is 5.10 Å². The number of hydrogen-bond donors (Lipinski definition) is 3. The number of rotatable bonds is 2. The first-order chi connectivity index (χ1) is 13.0. The van der Waals surface area contributed by atoms with E-state index in [9.17, 15) is 14.3 Å². The molecular formula is C19H20FN5O2. The van der Waals surface area contributed by atoms with Gasteiger partial charge in [-0.15, -0.1) is 0 Å². The zero-order valence-electron chi connectivity index (χ0n) is 15.1. The van der Waals surface area contributed by atoms with E-state index in [-0.39, 0.29) is 11.9 Å². The van der Waals surface area contributed by atoms with E-state index >= 15 is 0 Å². The summed E-state index contributed by atoms with van der Waals surface area (Å²) in [6.45, 7) is 5.94. The molecule has 1 aliphatic heterocycles. The number of halogens is 1. The molecule has 2 aromatic heterocycles. The summed E-state index contributed by atoms with van der Waals surface area (Å²) in [5.41, 5.74) is 2.55. The van der Waals surface area contributed by atoms with E-state index in [1.54, 1.807) is 12.1 Å². The Bertz CT molecular complexity index is 1030. The first kappa shape index (κ1) is 17.4. The van der Waals surface area contributed by atoms with E-state index in [1.165, 1.54) is 12.1 Å². The van der Waals surface area contributed by atoms with Crippen molar-refractivity contribution in [2.45, 2.75) is 19.9 Å². The number of aromatic nitrogens is 3. The summed E-state index contributed by atoms with van der Waals surface area (Å²) in [6, 6.07) is 5.77. The van der Waals surface area contributed by atoms with Crippen molar-refractivity contribution in [3.05, 3.63) is 41.3 Å². The van der Waals surface area contributed by atoms with Crippen molar-refractivity contribution in [1.82, 2.24) is 25.4 Å². The molecule has 0 saturated carbocycles. The molecule has 0 radical (unpaired) electrons. The number of amides is 1. The lowest BCUT2D eigenvalue weighted by Gasteiger charge is -2.34. The van der Waals surface area contributed by atoms with E-state index in [0.717, 1.165) is 18.8 Å². The predicted octanol–water partition coefficient (Wildman–Crippen LogP) is 2.21. The van der Waals surface area contributed by atoms with Crippen LogP contribution in [0.15, 0.2) is 24.3 Å². The highest BCUT2D eigenvalue weighted by molar-refractivity contribution is 6.07. The molecule has 1 saturated heterocycles. The second kappa shape index (κ2) is 6.62. The highest BCUT2D eigenvalue weighted by Crippen LogP contribution is 2.29. The molecule has 0 bridgehead atoms. The quantitative estimate of drug-likeness (QED) is 0.644. The van der Waals surface area contributed by atoms with Gasteiger partial charge in [-0.25, -0.2) is 9.37 Å². The summed E-state index contributed by atoms with van der Waals surface area (Å²) in [5.74, 6) is -1.26. The first-order valence-corrected chi connectivity index (χ1v) is 8.82. The number of carbonyl (C=O) groups excluding carboxylic acids is 1. The third-order valence-electron chi connectivity index (χ3n) is 4.94. The number of phenolic OH excluding ortho intramolecular Hbond substituents is 1. The molecule has 7 nitrogen and oxygen atoms in total. The fourth-order valence-corrected chi connectivity index (χ4v) is 3.46. The maximum atomic E-state index is 13.8. The number of nitrogens with one attached hydrogen (secondary N) is 2. The number of pyridine rings is 1. The fraction of sp³-hybridized carbons (Fsp3) is 0.316. The summed E-state index contributed by atoms with van der Waals surface area (Å²) in [4.78, 5) is 19.6. The van der Waals surface area contributed by atoms with E-state index in [2.05, 4.69) is 20.5 Å². The van der Waals surface area contributed by atoms with Gasteiger partial charge in [0, 0.05) is 36.9 Å². The van der Waals surface area contributed by atoms with Crippen LogP contribution < -0.4 is 5.32 Å². The summed E-state index contributed by atoms with van der Waals surface area (Å²) in [6.07, 6.45) is 0. The van der Waals surface area contributed by atoms with Gasteiger partial charge in [0.25, 0.3) is 5.91 Å². The van der Waals surface area contributed by atoms with Crippen molar-refractivity contribution in [2.24, 2.45) is 0 Å². The van der Waals surface area contributed by atoms with Crippen molar-refractivity contribution in [2.75, 3.05) is 19.6 Å². The Labute approximate surface area is 155 Å². The number of fused-ring (bicyclic) bond motifs is 1. The zero-order chi connectivity index (χ0) is 19.1. The van der Waals surface area contributed by atoms with Gasteiger partial charge < -0.3 is 15.3 Å². The Hall–Kier alpha value is -3.00. The molecule has 0 spiro atoms. The highest BCUT2D eigenvalue weighted by Gasteiger charge is 2.27. The molecule has 0 aliphatic carbocycles. The number of hydrogen-bond acceptors (Lipinski definition) is 5. The molecule has 8 heteroatoms. The van der Waals surface area contributed by atoms with Crippen LogP contribution in [0, 0.1) is 12.7 Å². The van der Waals surface area contributed by atoms with Gasteiger partial charge in [0.05, 0.1) is 16.6 Å². The van der Waals surface area contributed by atoms with Gasteiger partial charge in [0.2, 0.25) is 0 Å². The zero-order valence-corrected chi connectivity index (χ0v) is 15.1. The van der Waals surface area contributed by atoms with Crippen LogP contribution in [-0.2, 0) is 0 Å². The molecule has 1 amide bonds. The van der Waals surface area contributed by atoms with Crippen molar-refractivity contribution in [3.8, 4) is 17.0 Å². The van der Waals surface area contributed by atoms with Crippen LogP contribution in [0.2, 0.25) is 0 Å². The molecule has 1 aromatic carbocycles. The molecule has 4 rings (SSSR count). The smallest absolute Gasteiger partial charge is 0.255 e. The van der Waals surface area contributed by atoms with Crippen molar-refractivity contribution < 1.29 is 14.3 Å². The maximum absolute atomic E-state index is 13.8. The van der Waals surface area contributed by atoms with E-state index in [1.807, 2.05) is 18.7 Å². The second-order valence-electron chi connectivity index (χ2n) is 6.82. The van der Waals surface area contributed by atoms with Gasteiger partial charge in [0.15, 0.2) is 17.2 Å². The average molecular weight is 369 g/mol. The van der Waals surface area contributed by atoms with Crippen molar-refractivity contribution >= 4 is 16.9 Å². The first-order valence-electron chi connectivity index (χ1n) is 8.82. The van der Waals surface area contributed by atoms with Gasteiger partial charge in [-0.1, -0.05) is 0 Å². The van der Waals surface area contributed by atoms with Crippen LogP contribution in [0.25, 0.3) is 22.3 Å². The summed E-state index contributed by atoms with van der Waals surface area (Å²) in [7, 11) is 0. The Balaban J connectivity index is 1.86. The van der Waals surface area contributed by atoms with Crippen LogP contribution >= 0.6 is 0 Å². The van der Waals surface area contributed by atoms with Crippen molar-refractivity contribution in [1.29, 1.82) is 0 Å². The minimum atomic E-state index is -0.740. The second-order valence-corrected chi connectivity index (χ2v) is 6.82. The van der Waals surface area contributed by atoms with Crippen LogP contribution in [0.1, 0.15) is 23.0 Å². The van der Waals surface area contributed by atoms with Crippen molar-refractivity contribution in [3.63, 3.8) is 0 Å². The molecule has 3 aromatic rings. The number of carbonyl (C=O) groups is 1. The standard InChI is InChI=1S/C19H20FN5O2/c1-10-9-21-5-6-25(10)19(27)13-8-15(12-3-4-16(26)14(20)7-12)22-18-17(13)11(2)23-24-18/h3-4,7-8,10,21,26H,5-6,9H2,1-2H3,(H,22,23,24)/t10-/m0/s1. The molecule has 140 valence electrons. The van der Waals surface area contributed by atoms with Gasteiger partial charge in [-0.3, -0.25) is 9.89 Å². The van der Waals surface area contributed by atoms with Crippen LogP contribution in [-0.4, -0.2) is 56.8 Å². The molecule has 27 heavy (non-hydrogen) atoms. The number of aromatic hydroxyl groups is 1. The predicted molar refractivity (Wildman–Crippen MR) is 99.1 cm³/mol. The number of H-pyrrole nitrogens is 1. The van der Waals surface area contributed by atoms with E-state index in [0.29, 0.717) is 34.4 Å². The summed E-state index contributed by atoms with van der Waals surface area (Å²) >= 11 is 0. The number of aryl methyl sites for hydroxylation is 1. The lowest BCUT2D eigenvalue weighted by molar-refractivity contribution is 0.0657. The number of nitrogens with zero attached hydrogens (tertiary/aromatic N) is 3. The Morgan fingerprint density at radius 2 is 2.19 bits per heavy atom. The van der Waals surface area contributed by atoms with Gasteiger partial charge in [0.1, 0.15) is 0 Å². The van der Waals surface area contributed by atoms with Crippen LogP contribution in [0.3, 0.4) is 0 Å². The molecular weight excluding hydrogens is 349 g/mol. The molecule has 0 unspecified atom stereocenters. The minimum absolute atomic E-state index is 0.0660. The Kier molecular flexibility index (Phi) is 4.27. The third kappa shape index (κ3) is 3.02. The Morgan fingerprint density at radius 3 is 2.93 bits per heavy atom. The minimum Gasteiger partial charge on any atom is -0.505 e. The molecule has 1 aliphatic rings. The number of piperazine rings is 1. The lowest BCUT2D eigenvalue weighted by Crippen LogP contribution is -2.52. The monoisotopic (exact) mass is 369 g/mol. The fourth-order valence-electron chi connectivity index (χ4n) is 3.46. The summed E-state index contributed by atoms with van der Waals surface area (Å²) in [5, 5.41) is 20.4. The van der Waals surface area contributed by atoms with Crippen LogP contribution in [0.4, 0.5) is 4.39 Å². The van der Waals surface area contributed by atoms with Crippen LogP contribution in [0.5, 0.6) is 5.75 Å². The largest absolute Gasteiger partial charge is 0.505 e. The maximum Gasteiger partial charge on any atom is 0.255 e. The summed E-state index contributed by atoms with van der Waals surface area (Å²) < 4.78 is 13.8. The average Bonchev–Trinajstić information content (AvgIpc) is 3.04. The number of phenols is 1. The van der Waals surface area contributed by atoms with Gasteiger partial charge >= 0.3 is 0 Å². The topological polar surface area (TPSA) is 94.1 Å². The normalized spacial score (nSPS) is 17.4. The molecule has 3 N–H and O–H groups in total. The van der Waals surface area contributed by atoms with Gasteiger partial charge in [-0.05, 0) is 38.1 Å². The SMILES string of the molecule is Cc1[nH]nc2nc(-c3ccc(O)c(F)c3)cc(C(=O)N3CCNC[C@@H]3C)c12. The third-order valence-corrected chi connectivity index (χ3v) is 4.94. The number of aromatic amines is 1. The molecule has 3 heterocycles. The Morgan fingerprint density at radius 1 is 1.37 bits per heavy atom. The number of benzene rings is 1. The van der Waals surface area contributed by atoms with E-state index < -0.39 is 11.6 Å². The lowest BCUT2D eigenvalue weighted by atomic mass is 10.0.